The van der Waals surface area contributed by atoms with Crippen LogP contribution in [-0.4, -0.2) is 11.8 Å². The first-order valence-electron chi connectivity index (χ1n) is 8.70. The third-order valence-electron chi connectivity index (χ3n) is 4.01. The van der Waals surface area contributed by atoms with Gasteiger partial charge in [0.15, 0.2) is 5.42 Å². The molecule has 0 bridgehead atoms. The molecule has 0 unspecified atom stereocenters. The Kier molecular flexibility index (Phi) is 2.20. The van der Waals surface area contributed by atoms with E-state index >= 15 is 0 Å². The van der Waals surface area contributed by atoms with Crippen molar-refractivity contribution in [2.24, 2.45) is 7.05 Å². The number of pyridine rings is 2. The highest BCUT2D eigenvalue weighted by Gasteiger charge is 2.29. The number of furan rings is 1. The van der Waals surface area contributed by atoms with Crippen LogP contribution in [0.5, 0.6) is 0 Å². The van der Waals surface area contributed by atoms with Gasteiger partial charge in [-0.2, -0.15) is 0 Å². The standard InChI is InChI=1S/C17H17BN3O/c1-12-6-7-16(20(3)10-12)21-11-15-14(9-18(21)2)13-5-4-8-19-17(13)22-15/h4-11H,1-3H3/q+1/i1D3. The van der Waals surface area contributed by atoms with Gasteiger partial charge in [0.1, 0.15) is 6.20 Å². The number of hydrogen-bond donors (Lipinski definition) is 0. The zero-order valence-electron chi connectivity index (χ0n) is 15.4. The molecule has 4 nitrogen and oxygen atoms in total. The summed E-state index contributed by atoms with van der Waals surface area (Å²) < 4.78 is 30.4. The summed E-state index contributed by atoms with van der Waals surface area (Å²) in [5, 5.41) is 2.05. The van der Waals surface area contributed by atoms with Crippen molar-refractivity contribution in [2.45, 2.75) is 13.7 Å². The molecule has 22 heavy (non-hydrogen) atoms. The van der Waals surface area contributed by atoms with E-state index in [1.807, 2.05) is 36.0 Å². The maximum Gasteiger partial charge on any atom is 0.402 e. The fourth-order valence-electron chi connectivity index (χ4n) is 2.94. The van der Waals surface area contributed by atoms with Crippen molar-refractivity contribution in [1.82, 2.24) is 4.98 Å². The summed E-state index contributed by atoms with van der Waals surface area (Å²) in [4.78, 5) is 6.34. The fraction of sp³-hybridized carbons (Fsp3) is 0.176. The van der Waals surface area contributed by atoms with Crippen molar-refractivity contribution < 1.29 is 13.1 Å². The highest BCUT2D eigenvalue weighted by Crippen LogP contribution is 2.15. The smallest absolute Gasteiger partial charge is 0.402 e. The number of aromatic nitrogens is 2. The van der Waals surface area contributed by atoms with Crippen LogP contribution in [0.25, 0.3) is 23.3 Å². The monoisotopic (exact) mass is 293 g/mol. The van der Waals surface area contributed by atoms with E-state index in [2.05, 4.69) is 22.6 Å². The third-order valence-corrected chi connectivity index (χ3v) is 4.01. The summed E-state index contributed by atoms with van der Waals surface area (Å²) in [6, 6.07) is 7.38. The lowest BCUT2D eigenvalue weighted by molar-refractivity contribution is -0.658. The van der Waals surface area contributed by atoms with E-state index in [-0.39, 0.29) is 6.85 Å². The molecule has 3 aromatic heterocycles. The Bertz CT molecular complexity index is 1090. The topological polar surface area (TPSA) is 33.2 Å². The third kappa shape index (κ3) is 1.93. The van der Waals surface area contributed by atoms with Gasteiger partial charge in [0, 0.05) is 27.0 Å². The summed E-state index contributed by atoms with van der Waals surface area (Å²) >= 11 is 0. The van der Waals surface area contributed by atoms with E-state index < -0.39 is 6.85 Å². The highest BCUT2D eigenvalue weighted by molar-refractivity contribution is 6.77. The largest absolute Gasteiger partial charge is 0.434 e. The van der Waals surface area contributed by atoms with Gasteiger partial charge < -0.3 is 4.42 Å². The molecular formula is C17H17BN3O+. The second-order valence-electron chi connectivity index (χ2n) is 5.57. The van der Waals surface area contributed by atoms with Crippen molar-refractivity contribution >= 4 is 35.9 Å². The molecule has 108 valence electrons. The average Bonchev–Trinajstić information content (AvgIpc) is 2.91. The molecule has 0 amide bonds. The van der Waals surface area contributed by atoms with Crippen LogP contribution in [0.4, 0.5) is 5.82 Å². The van der Waals surface area contributed by atoms with Gasteiger partial charge in [0.2, 0.25) is 5.71 Å². The Labute approximate surface area is 133 Å². The molecule has 0 N–H and O–H groups in total. The van der Waals surface area contributed by atoms with Gasteiger partial charge in [-0.25, -0.2) is 9.55 Å². The lowest BCUT2D eigenvalue weighted by Gasteiger charge is -2.18. The molecule has 0 saturated carbocycles. The SMILES string of the molecule is [2H]C([2H])([2H])c1ccc(N2C=c3oc4ncccc4c3=CB2C)[n+](C)c1. The molecular weight excluding hydrogens is 273 g/mol. The second-order valence-corrected chi connectivity index (χ2v) is 5.57. The molecule has 3 aromatic rings. The van der Waals surface area contributed by atoms with E-state index in [1.165, 1.54) is 0 Å². The quantitative estimate of drug-likeness (QED) is 0.499. The molecule has 0 atom stereocenters. The van der Waals surface area contributed by atoms with Crippen LogP contribution >= 0.6 is 0 Å². The molecule has 1 aliphatic heterocycles. The number of hydrogen-bond acceptors (Lipinski definition) is 3. The number of rotatable bonds is 1. The average molecular weight is 293 g/mol. The number of aryl methyl sites for hydroxylation is 2. The Hall–Kier alpha value is -2.56. The predicted octanol–water partition coefficient (Wildman–Crippen LogP) is 1.16. The summed E-state index contributed by atoms with van der Waals surface area (Å²) in [6.07, 6.45) is 5.32. The Morgan fingerprint density at radius 3 is 3.09 bits per heavy atom. The summed E-state index contributed by atoms with van der Waals surface area (Å²) in [5.41, 5.74) is 1.70. The minimum atomic E-state index is -2.11. The first kappa shape index (κ1) is 10.2. The van der Waals surface area contributed by atoms with E-state index in [0.29, 0.717) is 11.3 Å². The van der Waals surface area contributed by atoms with Crippen molar-refractivity contribution in [3.05, 3.63) is 52.9 Å². The van der Waals surface area contributed by atoms with E-state index in [9.17, 15) is 0 Å². The molecule has 1 aliphatic rings. The van der Waals surface area contributed by atoms with Gasteiger partial charge >= 0.3 is 6.85 Å². The highest BCUT2D eigenvalue weighted by atomic mass is 16.3. The normalized spacial score (nSPS) is 16.4. The van der Waals surface area contributed by atoms with Crippen LogP contribution in [0.2, 0.25) is 6.82 Å². The van der Waals surface area contributed by atoms with Crippen molar-refractivity contribution in [2.75, 3.05) is 4.81 Å². The van der Waals surface area contributed by atoms with Crippen LogP contribution in [0.1, 0.15) is 9.68 Å². The van der Waals surface area contributed by atoms with Crippen molar-refractivity contribution in [3.63, 3.8) is 0 Å². The number of fused-ring (bicyclic) bond motifs is 3. The molecule has 0 fully saturated rings. The van der Waals surface area contributed by atoms with Crippen LogP contribution in [0.15, 0.2) is 41.1 Å². The minimum absolute atomic E-state index is 0.0957. The van der Waals surface area contributed by atoms with Crippen LogP contribution in [0.3, 0.4) is 0 Å². The Morgan fingerprint density at radius 1 is 1.36 bits per heavy atom. The summed E-state index contributed by atoms with van der Waals surface area (Å²) in [7, 11) is 1.85. The van der Waals surface area contributed by atoms with Gasteiger partial charge in [0.25, 0.3) is 5.82 Å². The predicted molar refractivity (Wildman–Crippen MR) is 88.6 cm³/mol. The molecule has 0 saturated heterocycles. The number of anilines is 1. The van der Waals surface area contributed by atoms with E-state index in [4.69, 9.17) is 8.53 Å². The molecule has 4 heterocycles. The van der Waals surface area contributed by atoms with E-state index in [1.54, 1.807) is 18.5 Å². The minimum Gasteiger partial charge on any atom is -0.434 e. The van der Waals surface area contributed by atoms with Crippen LogP contribution in [0, 0.1) is 6.85 Å². The second kappa shape index (κ2) is 4.73. The molecule has 0 aromatic carbocycles. The zero-order chi connectivity index (χ0) is 17.8. The number of nitrogens with zero attached hydrogens (tertiary/aromatic N) is 3. The van der Waals surface area contributed by atoms with Crippen LogP contribution < -0.4 is 20.0 Å². The maximum absolute atomic E-state index is 7.55. The molecule has 4 rings (SSSR count). The summed E-state index contributed by atoms with van der Waals surface area (Å²) in [5.74, 6) is 3.02. The molecule has 0 aliphatic carbocycles. The van der Waals surface area contributed by atoms with E-state index in [0.717, 1.165) is 21.8 Å². The Morgan fingerprint density at radius 2 is 2.27 bits per heavy atom. The molecule has 0 radical (unpaired) electrons. The Balaban J connectivity index is 1.85. The van der Waals surface area contributed by atoms with Gasteiger partial charge in [-0.15, -0.1) is 0 Å². The first-order valence-corrected chi connectivity index (χ1v) is 7.20. The van der Waals surface area contributed by atoms with Gasteiger partial charge in [-0.3, -0.25) is 4.81 Å². The van der Waals surface area contributed by atoms with Gasteiger partial charge in [-0.1, -0.05) is 5.98 Å². The summed E-state index contributed by atoms with van der Waals surface area (Å²) in [6.45, 7) is 0.0714. The molecule has 5 heteroatoms. The maximum atomic E-state index is 7.55. The van der Waals surface area contributed by atoms with Crippen LogP contribution in [-0.2, 0) is 7.05 Å². The molecule has 0 spiro atoms. The first-order chi connectivity index (χ1) is 11.8. The fourth-order valence-corrected chi connectivity index (χ4v) is 2.94. The van der Waals surface area contributed by atoms with Crippen molar-refractivity contribution in [3.8, 4) is 0 Å². The zero-order valence-corrected chi connectivity index (χ0v) is 12.4. The lowest BCUT2D eigenvalue weighted by Crippen LogP contribution is -2.47. The lowest BCUT2D eigenvalue weighted by atomic mass is 9.61. The van der Waals surface area contributed by atoms with Gasteiger partial charge in [0.05, 0.1) is 13.2 Å². The van der Waals surface area contributed by atoms with Crippen molar-refractivity contribution in [1.29, 1.82) is 0 Å². The van der Waals surface area contributed by atoms with Gasteiger partial charge in [-0.05, 0) is 37.4 Å².